The summed E-state index contributed by atoms with van der Waals surface area (Å²) in [6, 6.07) is 0. The van der Waals surface area contributed by atoms with Crippen molar-refractivity contribution in [3.63, 3.8) is 0 Å². The summed E-state index contributed by atoms with van der Waals surface area (Å²) < 4.78 is 15.7. The third kappa shape index (κ3) is 1.65. The monoisotopic (exact) mass is 205 g/mol. The first-order valence-electron chi connectivity index (χ1n) is 4.64. The number of aliphatic hydroxyl groups is 2. The number of ether oxygens (including phenoxy) is 3. The fourth-order valence-electron chi connectivity index (χ4n) is 1.76. The van der Waals surface area contributed by atoms with Crippen LogP contribution >= 0.6 is 0 Å². The van der Waals surface area contributed by atoms with Crippen LogP contribution in [0.2, 0.25) is 0 Å². The highest BCUT2D eigenvalue weighted by molar-refractivity contribution is 4.92. The fourth-order valence-corrected chi connectivity index (χ4v) is 1.76. The molecule has 0 aromatic heterocycles. The highest BCUT2D eigenvalue weighted by Gasteiger charge is 2.46. The minimum Gasteiger partial charge on any atom is -0.387 e. The van der Waals surface area contributed by atoms with E-state index in [0.717, 1.165) is 0 Å². The average Bonchev–Trinajstić information content (AvgIpc) is 2.16. The van der Waals surface area contributed by atoms with E-state index < -0.39 is 36.9 Å². The second-order valence-corrected chi connectivity index (χ2v) is 3.62. The Morgan fingerprint density at radius 3 is 2.64 bits per heavy atom. The number of fused-ring (bicyclic) bond motifs is 1. The van der Waals surface area contributed by atoms with Crippen molar-refractivity contribution in [3.05, 3.63) is 0 Å². The zero-order valence-corrected chi connectivity index (χ0v) is 7.87. The van der Waals surface area contributed by atoms with Gasteiger partial charge >= 0.3 is 0 Å². The molecule has 0 radical (unpaired) electrons. The Balaban J connectivity index is 2.08. The summed E-state index contributed by atoms with van der Waals surface area (Å²) in [7, 11) is 0. The predicted octanol–water partition coefficient (Wildman–Crippen LogP) is -1.85. The van der Waals surface area contributed by atoms with Gasteiger partial charge in [0.25, 0.3) is 0 Å². The Bertz CT molecular complexity index is 212. The van der Waals surface area contributed by atoms with Gasteiger partial charge in [0.2, 0.25) is 0 Å². The molecule has 14 heavy (non-hydrogen) atoms. The van der Waals surface area contributed by atoms with E-state index >= 15 is 0 Å². The maximum absolute atomic E-state index is 9.67. The van der Waals surface area contributed by atoms with Gasteiger partial charge in [-0.2, -0.15) is 0 Å². The Kier molecular flexibility index (Phi) is 2.74. The highest BCUT2D eigenvalue weighted by atomic mass is 16.7. The van der Waals surface area contributed by atoms with Gasteiger partial charge < -0.3 is 30.2 Å². The lowest BCUT2D eigenvalue weighted by molar-refractivity contribution is -0.319. The van der Waals surface area contributed by atoms with Crippen molar-refractivity contribution >= 4 is 0 Å². The molecule has 2 fully saturated rings. The Labute approximate surface area is 81.6 Å². The zero-order chi connectivity index (χ0) is 10.3. The molecule has 2 aliphatic rings. The van der Waals surface area contributed by atoms with E-state index in [2.05, 4.69) is 0 Å². The summed E-state index contributed by atoms with van der Waals surface area (Å²) in [6.07, 6.45) is -4.37. The largest absolute Gasteiger partial charge is 0.387 e. The first kappa shape index (κ1) is 10.3. The molecule has 6 heteroatoms. The molecule has 4 N–H and O–H groups in total. The van der Waals surface area contributed by atoms with Crippen molar-refractivity contribution in [2.75, 3.05) is 6.61 Å². The molecule has 82 valence electrons. The van der Waals surface area contributed by atoms with Gasteiger partial charge in [-0.3, -0.25) is 0 Å². The summed E-state index contributed by atoms with van der Waals surface area (Å²) in [6.45, 7) is 2.05. The van der Waals surface area contributed by atoms with E-state index in [1.807, 2.05) is 0 Å². The third-order valence-electron chi connectivity index (χ3n) is 2.57. The van der Waals surface area contributed by atoms with Crippen LogP contribution in [0.3, 0.4) is 0 Å². The van der Waals surface area contributed by atoms with Crippen LogP contribution in [0.25, 0.3) is 0 Å². The maximum Gasteiger partial charge on any atom is 0.155 e. The second kappa shape index (κ2) is 3.73. The standard InChI is InChI=1S/C8H15NO5/c1-3-12-2-4-7(13-3)5(10)6(11)8(9)14-4/h3-8,10-11H,2,9H2,1H3/t3-,4+,5+,6+,7+,8+/m0/s1. The lowest BCUT2D eigenvalue weighted by atomic mass is 9.98. The van der Waals surface area contributed by atoms with Gasteiger partial charge in [0.05, 0.1) is 6.61 Å². The van der Waals surface area contributed by atoms with Crippen LogP contribution in [-0.2, 0) is 14.2 Å². The Morgan fingerprint density at radius 2 is 1.93 bits per heavy atom. The molecular weight excluding hydrogens is 190 g/mol. The molecule has 0 unspecified atom stereocenters. The van der Waals surface area contributed by atoms with Gasteiger partial charge in [0, 0.05) is 0 Å². The van der Waals surface area contributed by atoms with Crippen LogP contribution < -0.4 is 5.73 Å². The quantitative estimate of drug-likeness (QED) is 0.430. The van der Waals surface area contributed by atoms with Crippen LogP contribution in [0, 0.1) is 0 Å². The first-order chi connectivity index (χ1) is 6.59. The van der Waals surface area contributed by atoms with Crippen LogP contribution in [0.15, 0.2) is 0 Å². The number of aliphatic hydroxyl groups excluding tert-OH is 2. The number of rotatable bonds is 0. The van der Waals surface area contributed by atoms with Crippen molar-refractivity contribution in [1.29, 1.82) is 0 Å². The van der Waals surface area contributed by atoms with Crippen LogP contribution in [0.5, 0.6) is 0 Å². The average molecular weight is 205 g/mol. The van der Waals surface area contributed by atoms with Crippen molar-refractivity contribution in [1.82, 2.24) is 0 Å². The van der Waals surface area contributed by atoms with E-state index in [4.69, 9.17) is 19.9 Å². The Hall–Kier alpha value is -0.240. The molecule has 0 aromatic rings. The van der Waals surface area contributed by atoms with Crippen molar-refractivity contribution in [2.24, 2.45) is 5.73 Å². The summed E-state index contributed by atoms with van der Waals surface area (Å²) >= 11 is 0. The normalized spacial score (nSPS) is 54.0. The van der Waals surface area contributed by atoms with Gasteiger partial charge in [-0.05, 0) is 6.92 Å². The SMILES string of the molecule is C[C@H]1OC[C@H]2O[C@@H](N)[C@H](O)[C@@H](O)[C@@H]2O1. The van der Waals surface area contributed by atoms with Crippen molar-refractivity contribution in [2.45, 2.75) is 43.9 Å². The van der Waals surface area contributed by atoms with E-state index in [1.54, 1.807) is 6.92 Å². The third-order valence-corrected chi connectivity index (χ3v) is 2.57. The van der Waals surface area contributed by atoms with Crippen LogP contribution in [0.4, 0.5) is 0 Å². The molecule has 6 atom stereocenters. The number of nitrogens with two attached hydrogens (primary N) is 1. The van der Waals surface area contributed by atoms with Gasteiger partial charge in [0.15, 0.2) is 6.29 Å². The van der Waals surface area contributed by atoms with Gasteiger partial charge in [-0.15, -0.1) is 0 Å². The molecule has 0 aromatic carbocycles. The lowest BCUT2D eigenvalue weighted by Gasteiger charge is -2.44. The van der Waals surface area contributed by atoms with Crippen LogP contribution in [-0.4, -0.2) is 53.8 Å². The summed E-state index contributed by atoms with van der Waals surface area (Å²) in [5, 5.41) is 19.1. The smallest absolute Gasteiger partial charge is 0.155 e. The second-order valence-electron chi connectivity index (χ2n) is 3.62. The van der Waals surface area contributed by atoms with Gasteiger partial charge in [0.1, 0.15) is 30.6 Å². The molecular formula is C8H15NO5. The fraction of sp³-hybridized carbons (Fsp3) is 1.00. The maximum atomic E-state index is 9.67. The minimum atomic E-state index is -1.11. The number of hydrogen-bond donors (Lipinski definition) is 3. The summed E-state index contributed by atoms with van der Waals surface area (Å²) in [5.41, 5.74) is 5.47. The molecule has 0 aliphatic carbocycles. The van der Waals surface area contributed by atoms with Gasteiger partial charge in [-0.1, -0.05) is 0 Å². The molecule has 2 saturated heterocycles. The minimum absolute atomic E-state index is 0.323. The Morgan fingerprint density at radius 1 is 1.21 bits per heavy atom. The summed E-state index contributed by atoms with van der Waals surface area (Å²) in [4.78, 5) is 0. The highest BCUT2D eigenvalue weighted by Crippen LogP contribution is 2.26. The number of hydrogen-bond acceptors (Lipinski definition) is 6. The van der Waals surface area contributed by atoms with Gasteiger partial charge in [-0.25, -0.2) is 0 Å². The van der Waals surface area contributed by atoms with Crippen LogP contribution in [0.1, 0.15) is 6.92 Å². The molecule has 0 saturated carbocycles. The van der Waals surface area contributed by atoms with E-state index in [0.29, 0.717) is 6.61 Å². The lowest BCUT2D eigenvalue weighted by Crippen LogP contribution is -2.64. The van der Waals surface area contributed by atoms with E-state index in [1.165, 1.54) is 0 Å². The molecule has 2 heterocycles. The van der Waals surface area contributed by atoms with Crippen molar-refractivity contribution < 1.29 is 24.4 Å². The van der Waals surface area contributed by atoms with E-state index in [-0.39, 0.29) is 0 Å². The molecule has 6 nitrogen and oxygen atoms in total. The zero-order valence-electron chi connectivity index (χ0n) is 7.87. The molecule has 0 bridgehead atoms. The molecule has 0 spiro atoms. The topological polar surface area (TPSA) is 94.2 Å². The predicted molar refractivity (Wildman–Crippen MR) is 45.1 cm³/mol. The van der Waals surface area contributed by atoms with E-state index in [9.17, 15) is 10.2 Å². The van der Waals surface area contributed by atoms with Crippen molar-refractivity contribution in [3.8, 4) is 0 Å². The molecule has 0 amide bonds. The first-order valence-corrected chi connectivity index (χ1v) is 4.64. The molecule has 2 aliphatic heterocycles. The molecule has 2 rings (SSSR count). The summed E-state index contributed by atoms with van der Waals surface area (Å²) in [5.74, 6) is 0.